The summed E-state index contributed by atoms with van der Waals surface area (Å²) in [6.07, 6.45) is 7.24. The SMILES string of the molecule is CCCCc1ccc(-c2ccc(CCCC)cc2N)cc1. The van der Waals surface area contributed by atoms with Crippen LogP contribution in [0.1, 0.15) is 50.7 Å². The van der Waals surface area contributed by atoms with Gasteiger partial charge < -0.3 is 5.73 Å². The van der Waals surface area contributed by atoms with Gasteiger partial charge in [-0.2, -0.15) is 0 Å². The van der Waals surface area contributed by atoms with Gasteiger partial charge in [-0.1, -0.05) is 63.1 Å². The molecule has 0 aromatic heterocycles. The van der Waals surface area contributed by atoms with Gasteiger partial charge in [0.25, 0.3) is 0 Å². The van der Waals surface area contributed by atoms with Gasteiger partial charge in [0.1, 0.15) is 0 Å². The van der Waals surface area contributed by atoms with Crippen LogP contribution in [0, 0.1) is 0 Å². The third kappa shape index (κ3) is 4.35. The second-order valence-corrected chi connectivity index (χ2v) is 5.83. The van der Waals surface area contributed by atoms with E-state index in [2.05, 4.69) is 56.3 Å². The average molecular weight is 281 g/mol. The zero-order chi connectivity index (χ0) is 15.1. The zero-order valence-electron chi connectivity index (χ0n) is 13.4. The van der Waals surface area contributed by atoms with Crippen molar-refractivity contribution >= 4 is 5.69 Å². The Bertz CT molecular complexity index is 555. The molecule has 1 heteroatoms. The number of unbranched alkanes of at least 4 members (excludes halogenated alkanes) is 2. The maximum Gasteiger partial charge on any atom is 0.0396 e. The molecule has 0 saturated heterocycles. The Kier molecular flexibility index (Phi) is 5.86. The third-order valence-corrected chi connectivity index (χ3v) is 4.02. The Morgan fingerprint density at radius 3 is 1.90 bits per heavy atom. The summed E-state index contributed by atoms with van der Waals surface area (Å²) in [6, 6.07) is 15.4. The fourth-order valence-electron chi connectivity index (χ4n) is 2.64. The molecule has 0 aliphatic rings. The lowest BCUT2D eigenvalue weighted by molar-refractivity contribution is 0.795. The van der Waals surface area contributed by atoms with E-state index in [0.29, 0.717) is 0 Å². The van der Waals surface area contributed by atoms with E-state index >= 15 is 0 Å². The third-order valence-electron chi connectivity index (χ3n) is 4.02. The molecule has 0 bridgehead atoms. The molecule has 0 radical (unpaired) electrons. The van der Waals surface area contributed by atoms with Crippen LogP contribution in [0.5, 0.6) is 0 Å². The Hall–Kier alpha value is -1.76. The summed E-state index contributed by atoms with van der Waals surface area (Å²) in [4.78, 5) is 0. The topological polar surface area (TPSA) is 26.0 Å². The Morgan fingerprint density at radius 1 is 0.762 bits per heavy atom. The van der Waals surface area contributed by atoms with E-state index in [1.165, 1.54) is 48.8 Å². The van der Waals surface area contributed by atoms with Crippen LogP contribution < -0.4 is 5.73 Å². The molecule has 0 heterocycles. The molecule has 1 nitrogen and oxygen atoms in total. The summed E-state index contributed by atoms with van der Waals surface area (Å²) < 4.78 is 0. The van der Waals surface area contributed by atoms with Crippen LogP contribution in [0.2, 0.25) is 0 Å². The summed E-state index contributed by atoms with van der Waals surface area (Å²) >= 11 is 0. The minimum Gasteiger partial charge on any atom is -0.398 e. The van der Waals surface area contributed by atoms with Crippen LogP contribution >= 0.6 is 0 Å². The van der Waals surface area contributed by atoms with Crippen molar-refractivity contribution in [2.75, 3.05) is 5.73 Å². The lowest BCUT2D eigenvalue weighted by atomic mass is 9.98. The van der Waals surface area contributed by atoms with Gasteiger partial charge in [-0.25, -0.2) is 0 Å². The number of rotatable bonds is 7. The molecule has 0 atom stereocenters. The molecular weight excluding hydrogens is 254 g/mol. The van der Waals surface area contributed by atoms with E-state index < -0.39 is 0 Å². The highest BCUT2D eigenvalue weighted by Gasteiger charge is 2.04. The molecule has 2 rings (SSSR count). The van der Waals surface area contributed by atoms with E-state index in [9.17, 15) is 0 Å². The van der Waals surface area contributed by atoms with Crippen molar-refractivity contribution in [3.63, 3.8) is 0 Å². The molecule has 0 aliphatic heterocycles. The van der Waals surface area contributed by atoms with E-state index in [0.717, 1.165) is 17.7 Å². The molecule has 0 unspecified atom stereocenters. The number of nitrogens with two attached hydrogens (primary N) is 1. The number of hydrogen-bond acceptors (Lipinski definition) is 1. The maximum absolute atomic E-state index is 6.24. The van der Waals surface area contributed by atoms with Crippen LogP contribution in [0.25, 0.3) is 11.1 Å². The standard InChI is InChI=1S/C20H27N/c1-3-5-7-16-9-12-18(13-10-16)19-14-11-17(8-6-4-2)15-20(19)21/h9-15H,3-8,21H2,1-2H3. The molecule has 0 saturated carbocycles. The highest BCUT2D eigenvalue weighted by molar-refractivity contribution is 5.76. The Labute approximate surface area is 129 Å². The van der Waals surface area contributed by atoms with Crippen molar-refractivity contribution in [2.24, 2.45) is 0 Å². The second-order valence-electron chi connectivity index (χ2n) is 5.83. The molecule has 0 amide bonds. The predicted octanol–water partition coefficient (Wildman–Crippen LogP) is 5.62. The number of benzene rings is 2. The molecule has 2 aromatic carbocycles. The smallest absolute Gasteiger partial charge is 0.0396 e. The summed E-state index contributed by atoms with van der Waals surface area (Å²) in [5.74, 6) is 0. The lowest BCUT2D eigenvalue weighted by Crippen LogP contribution is -1.94. The molecule has 0 spiro atoms. The maximum atomic E-state index is 6.24. The largest absolute Gasteiger partial charge is 0.398 e. The van der Waals surface area contributed by atoms with Gasteiger partial charge in [-0.15, -0.1) is 0 Å². The van der Waals surface area contributed by atoms with E-state index in [-0.39, 0.29) is 0 Å². The van der Waals surface area contributed by atoms with Gasteiger partial charge in [-0.3, -0.25) is 0 Å². The van der Waals surface area contributed by atoms with Gasteiger partial charge >= 0.3 is 0 Å². The van der Waals surface area contributed by atoms with E-state index in [1.54, 1.807) is 0 Å². The number of hydrogen-bond donors (Lipinski definition) is 1. The van der Waals surface area contributed by atoms with Crippen molar-refractivity contribution in [1.29, 1.82) is 0 Å². The van der Waals surface area contributed by atoms with Gasteiger partial charge in [0.2, 0.25) is 0 Å². The summed E-state index contributed by atoms with van der Waals surface area (Å²) in [5.41, 5.74) is 12.3. The Balaban J connectivity index is 2.13. The highest BCUT2D eigenvalue weighted by atomic mass is 14.6. The molecule has 2 aromatic rings. The van der Waals surface area contributed by atoms with Crippen molar-refractivity contribution in [2.45, 2.75) is 52.4 Å². The molecule has 21 heavy (non-hydrogen) atoms. The molecule has 0 aliphatic carbocycles. The van der Waals surface area contributed by atoms with Crippen molar-refractivity contribution in [1.82, 2.24) is 0 Å². The normalized spacial score (nSPS) is 10.8. The monoisotopic (exact) mass is 281 g/mol. The summed E-state index contributed by atoms with van der Waals surface area (Å²) in [6.45, 7) is 4.45. The Morgan fingerprint density at radius 2 is 1.33 bits per heavy atom. The molecule has 0 fully saturated rings. The van der Waals surface area contributed by atoms with Gasteiger partial charge in [-0.05, 0) is 48.4 Å². The van der Waals surface area contributed by atoms with Crippen LogP contribution in [0.15, 0.2) is 42.5 Å². The first-order chi connectivity index (χ1) is 10.2. The van der Waals surface area contributed by atoms with E-state index in [1.807, 2.05) is 0 Å². The summed E-state index contributed by atoms with van der Waals surface area (Å²) in [5, 5.41) is 0. The molecular formula is C20H27N. The number of aryl methyl sites for hydroxylation is 2. The number of nitrogen functional groups attached to an aromatic ring is 1. The van der Waals surface area contributed by atoms with Crippen LogP contribution in [0.3, 0.4) is 0 Å². The van der Waals surface area contributed by atoms with Crippen molar-refractivity contribution in [3.8, 4) is 11.1 Å². The first-order valence-electron chi connectivity index (χ1n) is 8.22. The summed E-state index contributed by atoms with van der Waals surface area (Å²) in [7, 11) is 0. The van der Waals surface area contributed by atoms with Crippen LogP contribution in [-0.4, -0.2) is 0 Å². The fourth-order valence-corrected chi connectivity index (χ4v) is 2.64. The lowest BCUT2D eigenvalue weighted by Gasteiger charge is -2.09. The molecule has 2 N–H and O–H groups in total. The predicted molar refractivity (Wildman–Crippen MR) is 93.5 cm³/mol. The van der Waals surface area contributed by atoms with Crippen LogP contribution in [0.4, 0.5) is 5.69 Å². The quantitative estimate of drug-likeness (QED) is 0.655. The van der Waals surface area contributed by atoms with Gasteiger partial charge in [0, 0.05) is 11.3 Å². The first kappa shape index (κ1) is 15.6. The van der Waals surface area contributed by atoms with Gasteiger partial charge in [0.15, 0.2) is 0 Å². The minimum absolute atomic E-state index is 0.893. The number of anilines is 1. The average Bonchev–Trinajstić information content (AvgIpc) is 2.52. The second kappa shape index (κ2) is 7.87. The first-order valence-corrected chi connectivity index (χ1v) is 8.22. The molecule has 112 valence electrons. The highest BCUT2D eigenvalue weighted by Crippen LogP contribution is 2.27. The van der Waals surface area contributed by atoms with Gasteiger partial charge in [0.05, 0.1) is 0 Å². The fraction of sp³-hybridized carbons (Fsp3) is 0.400. The van der Waals surface area contributed by atoms with E-state index in [4.69, 9.17) is 5.73 Å². The van der Waals surface area contributed by atoms with Crippen LogP contribution in [-0.2, 0) is 12.8 Å². The van der Waals surface area contributed by atoms with Crippen molar-refractivity contribution in [3.05, 3.63) is 53.6 Å². The zero-order valence-corrected chi connectivity index (χ0v) is 13.4. The minimum atomic E-state index is 0.893. The van der Waals surface area contributed by atoms with Crippen molar-refractivity contribution < 1.29 is 0 Å².